The molecule has 9 heteroatoms. The van der Waals surface area contributed by atoms with Gasteiger partial charge in [0.05, 0.1) is 19.4 Å². The lowest BCUT2D eigenvalue weighted by Gasteiger charge is -1.95. The molecular weight excluding hydrogens is 312 g/mol. The zero-order chi connectivity index (χ0) is 16.2. The van der Waals surface area contributed by atoms with Crippen LogP contribution in [0.15, 0.2) is 56.4 Å². The maximum Gasteiger partial charge on any atom is 0.241 e. The molecule has 0 aliphatic rings. The van der Waals surface area contributed by atoms with Crippen molar-refractivity contribution in [3.63, 3.8) is 0 Å². The third-order valence-corrected chi connectivity index (χ3v) is 3.15. The standard InChI is InChI=1S/C15H12N6O3/c1-3-10(7-16-5-1)14-18-12(23-20-14)8-17-9-13-19-15(21-24-13)11-4-2-6-22-11/h1-7,17H,8-9H2. The fourth-order valence-corrected chi connectivity index (χ4v) is 2.05. The third kappa shape index (κ3) is 3.06. The van der Waals surface area contributed by atoms with Gasteiger partial charge in [-0.2, -0.15) is 9.97 Å². The predicted octanol–water partition coefficient (Wildman–Crippen LogP) is 2.06. The highest BCUT2D eigenvalue weighted by atomic mass is 16.5. The highest BCUT2D eigenvalue weighted by Gasteiger charge is 2.12. The van der Waals surface area contributed by atoms with Crippen molar-refractivity contribution in [2.24, 2.45) is 0 Å². The molecule has 4 heterocycles. The second-order valence-corrected chi connectivity index (χ2v) is 4.85. The Hall–Kier alpha value is -3.33. The van der Waals surface area contributed by atoms with Crippen LogP contribution < -0.4 is 5.32 Å². The van der Waals surface area contributed by atoms with Crippen LogP contribution in [-0.4, -0.2) is 25.3 Å². The molecule has 0 fully saturated rings. The Kier molecular flexibility index (Phi) is 3.82. The summed E-state index contributed by atoms with van der Waals surface area (Å²) in [7, 11) is 0. The first kappa shape index (κ1) is 14.3. The Morgan fingerprint density at radius 2 is 1.71 bits per heavy atom. The van der Waals surface area contributed by atoms with Gasteiger partial charge in [0.25, 0.3) is 0 Å². The molecule has 120 valence electrons. The van der Waals surface area contributed by atoms with Crippen LogP contribution >= 0.6 is 0 Å². The van der Waals surface area contributed by atoms with E-state index in [0.717, 1.165) is 5.56 Å². The molecular formula is C15H12N6O3. The average molecular weight is 324 g/mol. The summed E-state index contributed by atoms with van der Waals surface area (Å²) in [4.78, 5) is 12.5. The van der Waals surface area contributed by atoms with Crippen molar-refractivity contribution in [2.45, 2.75) is 13.1 Å². The molecule has 0 atom stereocenters. The van der Waals surface area contributed by atoms with E-state index in [4.69, 9.17) is 13.5 Å². The zero-order valence-corrected chi connectivity index (χ0v) is 12.4. The van der Waals surface area contributed by atoms with E-state index in [0.29, 0.717) is 42.3 Å². The summed E-state index contributed by atoms with van der Waals surface area (Å²) in [5.74, 6) is 2.36. The quantitative estimate of drug-likeness (QED) is 0.568. The Labute approximate surface area is 135 Å². The van der Waals surface area contributed by atoms with Crippen molar-refractivity contribution in [3.8, 4) is 23.0 Å². The highest BCUT2D eigenvalue weighted by Crippen LogP contribution is 2.16. The van der Waals surface area contributed by atoms with Crippen LogP contribution in [0.1, 0.15) is 11.8 Å². The third-order valence-electron chi connectivity index (χ3n) is 3.15. The molecule has 4 rings (SSSR count). The lowest BCUT2D eigenvalue weighted by Crippen LogP contribution is -2.13. The maximum absolute atomic E-state index is 5.21. The molecule has 0 aliphatic carbocycles. The number of hydrogen-bond acceptors (Lipinski definition) is 9. The molecule has 0 bridgehead atoms. The molecule has 24 heavy (non-hydrogen) atoms. The smallest absolute Gasteiger partial charge is 0.241 e. The van der Waals surface area contributed by atoms with Crippen LogP contribution in [-0.2, 0) is 13.1 Å². The van der Waals surface area contributed by atoms with Crippen molar-refractivity contribution in [3.05, 3.63) is 54.7 Å². The SMILES string of the molecule is c1cncc(-c2noc(CNCc3nc(-c4ccco4)no3)n2)c1. The first-order valence-corrected chi connectivity index (χ1v) is 7.18. The van der Waals surface area contributed by atoms with Gasteiger partial charge in [-0.1, -0.05) is 10.3 Å². The topological polar surface area (TPSA) is 116 Å². The highest BCUT2D eigenvalue weighted by molar-refractivity contribution is 5.51. The number of furan rings is 1. The largest absolute Gasteiger partial charge is 0.461 e. The van der Waals surface area contributed by atoms with E-state index in [1.54, 1.807) is 30.8 Å². The number of hydrogen-bond donors (Lipinski definition) is 1. The molecule has 0 spiro atoms. The van der Waals surface area contributed by atoms with E-state index >= 15 is 0 Å². The summed E-state index contributed by atoms with van der Waals surface area (Å²) >= 11 is 0. The lowest BCUT2D eigenvalue weighted by molar-refractivity contribution is 0.345. The Balaban J connectivity index is 1.34. The zero-order valence-electron chi connectivity index (χ0n) is 12.4. The van der Waals surface area contributed by atoms with Crippen molar-refractivity contribution in [2.75, 3.05) is 0 Å². The molecule has 4 aromatic heterocycles. The van der Waals surface area contributed by atoms with Gasteiger partial charge >= 0.3 is 0 Å². The van der Waals surface area contributed by atoms with E-state index in [2.05, 4.69) is 30.6 Å². The maximum atomic E-state index is 5.21. The number of rotatable bonds is 6. The summed E-state index contributed by atoms with van der Waals surface area (Å²) in [6.45, 7) is 0.754. The molecule has 1 N–H and O–H groups in total. The fourth-order valence-electron chi connectivity index (χ4n) is 2.05. The number of nitrogens with zero attached hydrogens (tertiary/aromatic N) is 5. The Morgan fingerprint density at radius 1 is 0.917 bits per heavy atom. The Bertz CT molecular complexity index is 900. The van der Waals surface area contributed by atoms with Crippen molar-refractivity contribution in [1.29, 1.82) is 0 Å². The first-order chi connectivity index (χ1) is 11.9. The molecule has 0 unspecified atom stereocenters. The summed E-state index contributed by atoms with van der Waals surface area (Å²) in [5, 5.41) is 10.9. The number of aromatic nitrogens is 5. The van der Waals surface area contributed by atoms with Crippen molar-refractivity contribution < 1.29 is 13.5 Å². The minimum Gasteiger partial charge on any atom is -0.461 e. The van der Waals surface area contributed by atoms with Crippen LogP contribution in [0.5, 0.6) is 0 Å². The summed E-state index contributed by atoms with van der Waals surface area (Å²) in [6, 6.07) is 7.21. The second kappa shape index (κ2) is 6.42. The molecule has 4 aromatic rings. The van der Waals surface area contributed by atoms with Crippen molar-refractivity contribution >= 4 is 0 Å². The van der Waals surface area contributed by atoms with Gasteiger partial charge in [0.2, 0.25) is 23.4 Å². The van der Waals surface area contributed by atoms with E-state index in [-0.39, 0.29) is 0 Å². The van der Waals surface area contributed by atoms with Crippen molar-refractivity contribution in [1.82, 2.24) is 30.6 Å². The van der Waals surface area contributed by atoms with Crippen LogP contribution in [0.2, 0.25) is 0 Å². The molecule has 0 aromatic carbocycles. The summed E-state index contributed by atoms with van der Waals surface area (Å²) in [6.07, 6.45) is 4.92. The Morgan fingerprint density at radius 3 is 2.42 bits per heavy atom. The molecule has 0 amide bonds. The van der Waals surface area contributed by atoms with Gasteiger partial charge < -0.3 is 13.5 Å². The normalized spacial score (nSPS) is 11.0. The summed E-state index contributed by atoms with van der Waals surface area (Å²) < 4.78 is 15.5. The fraction of sp³-hybridized carbons (Fsp3) is 0.133. The van der Waals surface area contributed by atoms with E-state index in [1.807, 2.05) is 12.1 Å². The van der Waals surface area contributed by atoms with E-state index in [9.17, 15) is 0 Å². The first-order valence-electron chi connectivity index (χ1n) is 7.18. The molecule has 0 saturated carbocycles. The second-order valence-electron chi connectivity index (χ2n) is 4.85. The van der Waals surface area contributed by atoms with Gasteiger partial charge in [-0.3, -0.25) is 10.3 Å². The lowest BCUT2D eigenvalue weighted by atomic mass is 10.3. The average Bonchev–Trinajstić information content (AvgIpc) is 3.37. The molecule has 0 saturated heterocycles. The van der Waals surface area contributed by atoms with Crippen LogP contribution in [0.3, 0.4) is 0 Å². The molecule has 0 radical (unpaired) electrons. The van der Waals surface area contributed by atoms with E-state index < -0.39 is 0 Å². The predicted molar refractivity (Wildman–Crippen MR) is 80.1 cm³/mol. The van der Waals surface area contributed by atoms with Crippen LogP contribution in [0.25, 0.3) is 23.0 Å². The van der Waals surface area contributed by atoms with Crippen LogP contribution in [0.4, 0.5) is 0 Å². The van der Waals surface area contributed by atoms with Gasteiger partial charge in [-0.05, 0) is 24.3 Å². The van der Waals surface area contributed by atoms with E-state index in [1.165, 1.54) is 0 Å². The summed E-state index contributed by atoms with van der Waals surface area (Å²) in [5.41, 5.74) is 0.799. The minimum atomic E-state index is 0.373. The van der Waals surface area contributed by atoms with Gasteiger partial charge in [0.1, 0.15) is 0 Å². The van der Waals surface area contributed by atoms with Gasteiger partial charge in [-0.25, -0.2) is 0 Å². The molecule has 9 nitrogen and oxygen atoms in total. The number of pyridine rings is 1. The van der Waals surface area contributed by atoms with Gasteiger partial charge in [0.15, 0.2) is 5.76 Å². The minimum absolute atomic E-state index is 0.373. The number of nitrogens with one attached hydrogen (secondary N) is 1. The van der Waals surface area contributed by atoms with Gasteiger partial charge in [0, 0.05) is 18.0 Å². The van der Waals surface area contributed by atoms with Crippen LogP contribution in [0, 0.1) is 0 Å². The molecule has 0 aliphatic heterocycles. The van der Waals surface area contributed by atoms with Gasteiger partial charge in [-0.15, -0.1) is 0 Å². The monoisotopic (exact) mass is 324 g/mol.